The van der Waals surface area contributed by atoms with Crippen molar-refractivity contribution in [2.75, 3.05) is 38.7 Å². The van der Waals surface area contributed by atoms with E-state index in [-0.39, 0.29) is 48.4 Å². The van der Waals surface area contributed by atoms with Gasteiger partial charge in [0.2, 0.25) is 5.91 Å². The Hall–Kier alpha value is -3.43. The lowest BCUT2D eigenvalue weighted by molar-refractivity contribution is -0.120. The first kappa shape index (κ1) is 34.4. The van der Waals surface area contributed by atoms with Crippen molar-refractivity contribution >= 4 is 23.4 Å². The molecule has 3 amide bonds. The van der Waals surface area contributed by atoms with Crippen LogP contribution in [0.1, 0.15) is 92.9 Å². The molecule has 1 fully saturated rings. The van der Waals surface area contributed by atoms with Crippen LogP contribution in [0.4, 0.5) is 5.69 Å². The average molecular weight is 622 g/mol. The minimum atomic E-state index is -0.483. The summed E-state index contributed by atoms with van der Waals surface area (Å²) in [5.74, 6) is -0.108. The summed E-state index contributed by atoms with van der Waals surface area (Å²) in [6, 6.07) is 14.0. The number of benzene rings is 2. The van der Waals surface area contributed by atoms with Crippen molar-refractivity contribution in [3.05, 3.63) is 59.7 Å². The molecule has 246 valence electrons. The molecule has 1 saturated carbocycles. The first-order valence-electron chi connectivity index (χ1n) is 16.6. The largest absolute Gasteiger partial charge is 0.490 e. The Morgan fingerprint density at radius 3 is 2.44 bits per heavy atom. The Labute approximate surface area is 268 Å². The third-order valence-corrected chi connectivity index (χ3v) is 9.12. The van der Waals surface area contributed by atoms with E-state index in [9.17, 15) is 19.5 Å². The summed E-state index contributed by atoms with van der Waals surface area (Å²) in [6.07, 6.45) is 7.05. The molecular weight excluding hydrogens is 570 g/mol. The van der Waals surface area contributed by atoms with E-state index in [1.54, 1.807) is 47.2 Å². The van der Waals surface area contributed by atoms with Crippen LogP contribution in [-0.4, -0.2) is 84.2 Å². The van der Waals surface area contributed by atoms with Gasteiger partial charge in [0.15, 0.2) is 0 Å². The number of amides is 3. The predicted molar refractivity (Wildman–Crippen MR) is 175 cm³/mol. The zero-order chi connectivity index (χ0) is 32.3. The van der Waals surface area contributed by atoms with Crippen LogP contribution in [0.2, 0.25) is 0 Å². The number of hydrogen-bond acceptors (Lipinski definition) is 6. The number of hydrogen-bond donors (Lipinski definition) is 2. The van der Waals surface area contributed by atoms with Crippen molar-refractivity contribution in [3.63, 3.8) is 0 Å². The number of likely N-dealkylation sites (N-methyl/N-ethyl adjacent to an activating group) is 1. The molecule has 0 aromatic heterocycles. The van der Waals surface area contributed by atoms with E-state index < -0.39 is 6.04 Å². The van der Waals surface area contributed by atoms with Crippen molar-refractivity contribution in [1.82, 2.24) is 9.80 Å². The summed E-state index contributed by atoms with van der Waals surface area (Å²) in [6.45, 7) is 6.78. The highest BCUT2D eigenvalue weighted by Crippen LogP contribution is 2.30. The van der Waals surface area contributed by atoms with Gasteiger partial charge in [-0.3, -0.25) is 14.4 Å². The number of anilines is 1. The molecule has 2 aliphatic rings. The van der Waals surface area contributed by atoms with Crippen molar-refractivity contribution < 1.29 is 29.0 Å². The second-order valence-electron chi connectivity index (χ2n) is 12.9. The maximum Gasteiger partial charge on any atom is 0.258 e. The molecule has 1 aliphatic carbocycles. The number of aliphatic hydroxyl groups is 1. The molecule has 2 aromatic carbocycles. The summed E-state index contributed by atoms with van der Waals surface area (Å²) in [4.78, 5) is 43.9. The molecule has 9 nitrogen and oxygen atoms in total. The molecule has 2 aromatic rings. The van der Waals surface area contributed by atoms with Gasteiger partial charge in [-0.1, -0.05) is 44.4 Å². The average Bonchev–Trinajstić information content (AvgIpc) is 3.06. The molecule has 45 heavy (non-hydrogen) atoms. The van der Waals surface area contributed by atoms with Gasteiger partial charge in [-0.05, 0) is 76.3 Å². The number of carbonyl (C=O) groups is 3. The van der Waals surface area contributed by atoms with Crippen molar-refractivity contribution in [2.24, 2.45) is 11.8 Å². The lowest BCUT2D eigenvalue weighted by Gasteiger charge is -2.36. The minimum absolute atomic E-state index is 0.0133. The van der Waals surface area contributed by atoms with E-state index >= 15 is 0 Å². The Morgan fingerprint density at radius 1 is 1.02 bits per heavy atom. The quantitative estimate of drug-likeness (QED) is 0.406. The molecule has 0 saturated heterocycles. The van der Waals surface area contributed by atoms with Gasteiger partial charge in [-0.15, -0.1) is 0 Å². The molecule has 0 spiro atoms. The SMILES string of the molecule is C[C@H]1CCCCO[C@H](CN(C)C(=O)c2ccccc2)[C@@H](C)CN([C@@H](C)CO)C(=O)c2cc(NC(=O)C3CCCCC3)ccc2O1. The van der Waals surface area contributed by atoms with Gasteiger partial charge >= 0.3 is 0 Å². The Bertz CT molecular complexity index is 1260. The lowest BCUT2D eigenvalue weighted by Crippen LogP contribution is -2.48. The second-order valence-corrected chi connectivity index (χ2v) is 12.9. The number of aliphatic hydroxyl groups excluding tert-OH is 1. The molecule has 1 heterocycles. The highest BCUT2D eigenvalue weighted by molar-refractivity contribution is 6.00. The van der Waals surface area contributed by atoms with Crippen LogP contribution in [0.15, 0.2) is 48.5 Å². The fraction of sp³-hybridized carbons (Fsp3) is 0.583. The summed E-state index contributed by atoms with van der Waals surface area (Å²) in [5.41, 5.74) is 1.51. The molecule has 0 radical (unpaired) electrons. The molecule has 4 atom stereocenters. The Balaban J connectivity index is 1.61. The number of rotatable bonds is 7. The van der Waals surface area contributed by atoms with Gasteiger partial charge in [0.1, 0.15) is 5.75 Å². The van der Waals surface area contributed by atoms with E-state index in [1.165, 1.54) is 0 Å². The van der Waals surface area contributed by atoms with Crippen LogP contribution in [0.5, 0.6) is 5.75 Å². The molecule has 9 heteroatoms. The van der Waals surface area contributed by atoms with Crippen molar-refractivity contribution in [2.45, 2.75) is 90.4 Å². The zero-order valence-corrected chi connectivity index (χ0v) is 27.4. The van der Waals surface area contributed by atoms with Gasteiger partial charge in [0, 0.05) is 49.8 Å². The summed E-state index contributed by atoms with van der Waals surface area (Å²) in [5, 5.41) is 13.3. The van der Waals surface area contributed by atoms with Gasteiger partial charge in [-0.2, -0.15) is 0 Å². The normalized spacial score (nSPS) is 22.8. The molecular formula is C36H51N3O6. The summed E-state index contributed by atoms with van der Waals surface area (Å²) < 4.78 is 12.7. The van der Waals surface area contributed by atoms with Crippen LogP contribution >= 0.6 is 0 Å². The Morgan fingerprint density at radius 2 is 1.73 bits per heavy atom. The van der Waals surface area contributed by atoms with Crippen LogP contribution < -0.4 is 10.1 Å². The van der Waals surface area contributed by atoms with Crippen LogP contribution in [0, 0.1) is 11.8 Å². The minimum Gasteiger partial charge on any atom is -0.490 e. The first-order chi connectivity index (χ1) is 21.7. The van der Waals surface area contributed by atoms with Gasteiger partial charge in [-0.25, -0.2) is 0 Å². The maximum absolute atomic E-state index is 14.3. The van der Waals surface area contributed by atoms with E-state index in [1.807, 2.05) is 39.0 Å². The number of carbonyl (C=O) groups excluding carboxylic acids is 3. The summed E-state index contributed by atoms with van der Waals surface area (Å²) >= 11 is 0. The number of ether oxygens (including phenoxy) is 2. The van der Waals surface area contributed by atoms with E-state index in [0.29, 0.717) is 42.3 Å². The standard InChI is InChI=1S/C36H51N3O6/c1-25-22-39(26(2)24-40)36(43)31-21-30(37-34(41)28-14-7-5-8-15-28)18-19-32(31)45-27(3)13-11-12-20-44-33(25)23-38(4)35(42)29-16-9-6-10-17-29/h6,9-10,16-19,21,25-28,33,40H,5,7-8,11-15,20,22-24H2,1-4H3,(H,37,41)/t25-,26-,27-,33+/m0/s1. The smallest absolute Gasteiger partial charge is 0.258 e. The molecule has 4 rings (SSSR count). The third kappa shape index (κ3) is 9.53. The molecule has 1 aliphatic heterocycles. The van der Waals surface area contributed by atoms with Crippen molar-refractivity contribution in [3.8, 4) is 5.75 Å². The van der Waals surface area contributed by atoms with Crippen LogP contribution in [0.25, 0.3) is 0 Å². The van der Waals surface area contributed by atoms with Crippen LogP contribution in [0.3, 0.4) is 0 Å². The van der Waals surface area contributed by atoms with Gasteiger partial charge in [0.25, 0.3) is 11.8 Å². The highest BCUT2D eigenvalue weighted by Gasteiger charge is 2.31. The lowest BCUT2D eigenvalue weighted by atomic mass is 9.88. The number of nitrogens with one attached hydrogen (secondary N) is 1. The van der Waals surface area contributed by atoms with Gasteiger partial charge in [0.05, 0.1) is 30.4 Å². The second kappa shape index (κ2) is 16.8. The zero-order valence-electron chi connectivity index (χ0n) is 27.4. The van der Waals surface area contributed by atoms with Crippen LogP contribution in [-0.2, 0) is 9.53 Å². The van der Waals surface area contributed by atoms with E-state index in [2.05, 4.69) is 5.32 Å². The van der Waals surface area contributed by atoms with E-state index in [0.717, 1.165) is 51.4 Å². The van der Waals surface area contributed by atoms with Gasteiger partial charge < -0.3 is 29.7 Å². The maximum atomic E-state index is 14.3. The predicted octanol–water partition coefficient (Wildman–Crippen LogP) is 5.77. The first-order valence-corrected chi connectivity index (χ1v) is 16.6. The number of nitrogens with zero attached hydrogens (tertiary/aromatic N) is 2. The fourth-order valence-electron chi connectivity index (χ4n) is 6.23. The number of fused-ring (bicyclic) bond motifs is 1. The van der Waals surface area contributed by atoms with Crippen molar-refractivity contribution in [1.29, 1.82) is 0 Å². The van der Waals surface area contributed by atoms with E-state index in [4.69, 9.17) is 9.47 Å². The summed E-state index contributed by atoms with van der Waals surface area (Å²) in [7, 11) is 1.77. The Kier molecular flexibility index (Phi) is 12.8. The topological polar surface area (TPSA) is 108 Å². The molecule has 0 bridgehead atoms. The molecule has 0 unspecified atom stereocenters. The monoisotopic (exact) mass is 621 g/mol. The third-order valence-electron chi connectivity index (χ3n) is 9.12. The molecule has 2 N–H and O–H groups in total. The highest BCUT2D eigenvalue weighted by atomic mass is 16.5. The fourth-order valence-corrected chi connectivity index (χ4v) is 6.23.